The molecule has 0 spiro atoms. The minimum atomic E-state index is -0.835. The van der Waals surface area contributed by atoms with E-state index in [0.29, 0.717) is 6.54 Å². The Morgan fingerprint density at radius 2 is 1.83 bits per heavy atom. The molecule has 1 aromatic carbocycles. The summed E-state index contributed by atoms with van der Waals surface area (Å²) in [5, 5.41) is 8.54. The molecule has 0 bridgehead atoms. The van der Waals surface area contributed by atoms with Crippen LogP contribution in [0, 0.1) is 20.8 Å². The molecule has 3 nitrogen and oxygen atoms in total. The summed E-state index contributed by atoms with van der Waals surface area (Å²) in [5.41, 5.74) is 4.66. The lowest BCUT2D eigenvalue weighted by Gasteiger charge is -2.21. The number of likely N-dealkylation sites (N-methyl/N-ethyl adjacent to an activating group) is 1. The summed E-state index contributed by atoms with van der Waals surface area (Å²) >= 11 is 6.41. The molecule has 0 saturated heterocycles. The lowest BCUT2D eigenvalue weighted by Crippen LogP contribution is -2.29. The van der Waals surface area contributed by atoms with Crippen molar-refractivity contribution in [1.29, 1.82) is 0 Å². The molecule has 1 N–H and O–H groups in total. The standard InChI is InChI=1S/C14H20ClNO2/c1-9-5-10(2)14(11(3)6-9)12(15)7-16(4)8-13(17)18/h5-6,12H,7-8H2,1-4H3,(H,17,18). The van der Waals surface area contributed by atoms with E-state index < -0.39 is 5.97 Å². The van der Waals surface area contributed by atoms with Crippen molar-refractivity contribution in [1.82, 2.24) is 4.90 Å². The predicted octanol–water partition coefficient (Wildman–Crippen LogP) is 2.91. The highest BCUT2D eigenvalue weighted by Crippen LogP contribution is 2.28. The molecule has 0 aliphatic carbocycles. The molecule has 100 valence electrons. The second-order valence-corrected chi connectivity index (χ2v) is 5.40. The van der Waals surface area contributed by atoms with Crippen molar-refractivity contribution < 1.29 is 9.90 Å². The smallest absolute Gasteiger partial charge is 0.317 e. The minimum absolute atomic E-state index is 0.00712. The molecule has 0 radical (unpaired) electrons. The van der Waals surface area contributed by atoms with Gasteiger partial charge in [-0.2, -0.15) is 0 Å². The van der Waals surface area contributed by atoms with Gasteiger partial charge in [0.1, 0.15) is 0 Å². The van der Waals surface area contributed by atoms with Crippen LogP contribution in [-0.2, 0) is 4.79 Å². The number of nitrogens with zero attached hydrogens (tertiary/aromatic N) is 1. The van der Waals surface area contributed by atoms with Gasteiger partial charge in [0.05, 0.1) is 11.9 Å². The molecule has 0 aliphatic heterocycles. The molecule has 0 aromatic heterocycles. The van der Waals surface area contributed by atoms with Crippen LogP contribution in [0.4, 0.5) is 0 Å². The largest absolute Gasteiger partial charge is 0.480 e. The number of benzene rings is 1. The second kappa shape index (κ2) is 6.21. The van der Waals surface area contributed by atoms with E-state index in [4.69, 9.17) is 16.7 Å². The van der Waals surface area contributed by atoms with Crippen molar-refractivity contribution in [2.24, 2.45) is 0 Å². The van der Waals surface area contributed by atoms with Gasteiger partial charge < -0.3 is 5.11 Å². The van der Waals surface area contributed by atoms with Crippen LogP contribution < -0.4 is 0 Å². The molecule has 1 unspecified atom stereocenters. The maximum absolute atomic E-state index is 10.6. The summed E-state index contributed by atoms with van der Waals surface area (Å²) in [6.45, 7) is 6.68. The molecular weight excluding hydrogens is 250 g/mol. The number of carbonyl (C=O) groups is 1. The molecule has 18 heavy (non-hydrogen) atoms. The lowest BCUT2D eigenvalue weighted by atomic mass is 9.97. The van der Waals surface area contributed by atoms with Gasteiger partial charge >= 0.3 is 5.97 Å². The Bertz CT molecular complexity index is 422. The quantitative estimate of drug-likeness (QED) is 0.836. The molecule has 1 atom stereocenters. The summed E-state index contributed by atoms with van der Waals surface area (Å²) in [7, 11) is 1.77. The zero-order valence-electron chi connectivity index (χ0n) is 11.3. The first-order valence-corrected chi connectivity index (χ1v) is 6.37. The van der Waals surface area contributed by atoms with E-state index in [0.717, 1.165) is 16.7 Å². The average molecular weight is 270 g/mol. The number of alkyl halides is 1. The number of aryl methyl sites for hydroxylation is 3. The third-order valence-electron chi connectivity index (χ3n) is 2.93. The van der Waals surface area contributed by atoms with E-state index in [1.807, 2.05) is 13.8 Å². The van der Waals surface area contributed by atoms with Crippen LogP contribution in [0.15, 0.2) is 12.1 Å². The van der Waals surface area contributed by atoms with Gasteiger partial charge in [-0.3, -0.25) is 9.69 Å². The Labute approximate surface area is 113 Å². The number of hydrogen-bond acceptors (Lipinski definition) is 2. The number of hydrogen-bond donors (Lipinski definition) is 1. The van der Waals surface area contributed by atoms with Gasteiger partial charge in [-0.15, -0.1) is 11.6 Å². The van der Waals surface area contributed by atoms with Gasteiger partial charge in [0.25, 0.3) is 0 Å². The summed E-state index contributed by atoms with van der Waals surface area (Å²) < 4.78 is 0. The van der Waals surface area contributed by atoms with E-state index >= 15 is 0 Å². The Kier molecular flexibility index (Phi) is 5.17. The van der Waals surface area contributed by atoms with E-state index in [2.05, 4.69) is 19.1 Å². The molecule has 0 amide bonds. The zero-order chi connectivity index (χ0) is 13.9. The third-order valence-corrected chi connectivity index (χ3v) is 3.28. The Balaban J connectivity index is 2.84. The fourth-order valence-corrected chi connectivity index (χ4v) is 2.93. The lowest BCUT2D eigenvalue weighted by molar-refractivity contribution is -0.137. The highest BCUT2D eigenvalue weighted by atomic mass is 35.5. The summed E-state index contributed by atoms with van der Waals surface area (Å²) in [4.78, 5) is 12.3. The van der Waals surface area contributed by atoms with Gasteiger partial charge in [-0.1, -0.05) is 17.7 Å². The van der Waals surface area contributed by atoms with E-state index in [9.17, 15) is 4.79 Å². The third kappa shape index (κ3) is 4.00. The fourth-order valence-electron chi connectivity index (χ4n) is 2.35. The van der Waals surface area contributed by atoms with Crippen molar-refractivity contribution in [3.05, 3.63) is 34.4 Å². The van der Waals surface area contributed by atoms with Crippen molar-refractivity contribution in [3.8, 4) is 0 Å². The van der Waals surface area contributed by atoms with E-state index in [1.54, 1.807) is 11.9 Å². The average Bonchev–Trinajstić information content (AvgIpc) is 2.12. The molecule has 0 fully saturated rings. The van der Waals surface area contributed by atoms with Crippen molar-refractivity contribution in [3.63, 3.8) is 0 Å². The number of aliphatic carboxylic acids is 1. The van der Waals surface area contributed by atoms with Gasteiger partial charge in [0, 0.05) is 6.54 Å². The number of rotatable bonds is 5. The zero-order valence-corrected chi connectivity index (χ0v) is 12.1. The maximum Gasteiger partial charge on any atom is 0.317 e. The van der Waals surface area contributed by atoms with Gasteiger partial charge in [-0.05, 0) is 44.5 Å². The SMILES string of the molecule is Cc1cc(C)c(C(Cl)CN(C)CC(=O)O)c(C)c1. The molecular formula is C14H20ClNO2. The van der Waals surface area contributed by atoms with E-state index in [1.165, 1.54) is 5.56 Å². The number of carboxylic acid groups (broad SMARTS) is 1. The van der Waals surface area contributed by atoms with E-state index in [-0.39, 0.29) is 11.9 Å². The van der Waals surface area contributed by atoms with Gasteiger partial charge in [0.15, 0.2) is 0 Å². The van der Waals surface area contributed by atoms with Crippen molar-refractivity contribution in [2.45, 2.75) is 26.1 Å². The Morgan fingerprint density at radius 3 is 2.28 bits per heavy atom. The fraction of sp³-hybridized carbons (Fsp3) is 0.500. The molecule has 1 rings (SSSR count). The first-order chi connectivity index (χ1) is 8.31. The Morgan fingerprint density at radius 1 is 1.33 bits per heavy atom. The number of carboxylic acids is 1. The molecule has 4 heteroatoms. The van der Waals surface area contributed by atoms with Crippen LogP contribution in [0.25, 0.3) is 0 Å². The van der Waals surface area contributed by atoms with Crippen LogP contribution in [0.1, 0.15) is 27.6 Å². The Hall–Kier alpha value is -1.06. The predicted molar refractivity (Wildman–Crippen MR) is 74.4 cm³/mol. The molecule has 1 aromatic rings. The second-order valence-electron chi connectivity index (χ2n) is 4.87. The minimum Gasteiger partial charge on any atom is -0.480 e. The van der Waals surface area contributed by atoms with Crippen LogP contribution in [0.3, 0.4) is 0 Å². The molecule has 0 aliphatic rings. The van der Waals surface area contributed by atoms with Crippen LogP contribution >= 0.6 is 11.6 Å². The number of halogens is 1. The van der Waals surface area contributed by atoms with Crippen LogP contribution in [-0.4, -0.2) is 36.1 Å². The summed E-state index contributed by atoms with van der Waals surface area (Å²) in [6, 6.07) is 4.21. The van der Waals surface area contributed by atoms with Crippen LogP contribution in [0.2, 0.25) is 0 Å². The highest BCUT2D eigenvalue weighted by Gasteiger charge is 2.17. The summed E-state index contributed by atoms with van der Waals surface area (Å²) in [5.74, 6) is -0.835. The normalized spacial score (nSPS) is 12.8. The van der Waals surface area contributed by atoms with Gasteiger partial charge in [-0.25, -0.2) is 0 Å². The molecule has 0 saturated carbocycles. The summed E-state index contributed by atoms with van der Waals surface area (Å²) in [6.07, 6.45) is 0. The monoisotopic (exact) mass is 269 g/mol. The first-order valence-electron chi connectivity index (χ1n) is 5.93. The van der Waals surface area contributed by atoms with Crippen LogP contribution in [0.5, 0.6) is 0 Å². The topological polar surface area (TPSA) is 40.5 Å². The van der Waals surface area contributed by atoms with Gasteiger partial charge in [0.2, 0.25) is 0 Å². The highest BCUT2D eigenvalue weighted by molar-refractivity contribution is 6.21. The molecule has 0 heterocycles. The first kappa shape index (κ1) is 15.0. The maximum atomic E-state index is 10.6. The van der Waals surface area contributed by atoms with Crippen molar-refractivity contribution >= 4 is 17.6 Å². The van der Waals surface area contributed by atoms with Crippen molar-refractivity contribution in [2.75, 3.05) is 20.1 Å².